The summed E-state index contributed by atoms with van der Waals surface area (Å²) in [5, 5.41) is 0. The van der Waals surface area contributed by atoms with E-state index in [0.29, 0.717) is 12.0 Å². The normalized spacial score (nSPS) is 32.5. The number of ether oxygens (including phenoxy) is 1. The van der Waals surface area contributed by atoms with Crippen LogP contribution in [0.5, 0.6) is 0 Å². The van der Waals surface area contributed by atoms with Gasteiger partial charge in [-0.3, -0.25) is 0 Å². The van der Waals surface area contributed by atoms with Gasteiger partial charge in [0.05, 0.1) is 6.10 Å². The van der Waals surface area contributed by atoms with Crippen LogP contribution in [0.25, 0.3) is 0 Å². The van der Waals surface area contributed by atoms with Crippen LogP contribution in [0.3, 0.4) is 0 Å². The minimum absolute atomic E-state index is 0.00116. The number of carbonyl (C=O) groups is 1. The number of hydrogen-bond donors (Lipinski definition) is 0. The van der Waals surface area contributed by atoms with Gasteiger partial charge < -0.3 is 9.53 Å². The van der Waals surface area contributed by atoms with E-state index in [4.69, 9.17) is 4.74 Å². The number of allylic oxidation sites excluding steroid dienone is 3. The lowest BCUT2D eigenvalue weighted by Crippen LogP contribution is -2.13. The van der Waals surface area contributed by atoms with Crippen molar-refractivity contribution in [3.05, 3.63) is 24.0 Å². The van der Waals surface area contributed by atoms with Gasteiger partial charge in [-0.15, -0.1) is 0 Å². The summed E-state index contributed by atoms with van der Waals surface area (Å²) >= 11 is 0. The standard InChI is InChI=1S/C11H14O2/c1-8-2-3-11(6-9(8)7-12)13-10-4-5-10/h2-3,6-10H,4-5H2,1H3. The summed E-state index contributed by atoms with van der Waals surface area (Å²) < 4.78 is 5.60. The minimum Gasteiger partial charge on any atom is -0.491 e. The third-order valence-electron chi connectivity index (χ3n) is 2.51. The zero-order valence-corrected chi connectivity index (χ0v) is 7.77. The van der Waals surface area contributed by atoms with Crippen LogP contribution in [0.15, 0.2) is 24.0 Å². The molecule has 0 amide bonds. The summed E-state index contributed by atoms with van der Waals surface area (Å²) in [5.74, 6) is 1.18. The number of aldehydes is 1. The summed E-state index contributed by atoms with van der Waals surface area (Å²) in [6, 6.07) is 0. The zero-order chi connectivity index (χ0) is 9.26. The molecule has 0 bridgehead atoms. The summed E-state index contributed by atoms with van der Waals surface area (Å²) in [5.41, 5.74) is 0. The topological polar surface area (TPSA) is 26.3 Å². The summed E-state index contributed by atoms with van der Waals surface area (Å²) in [4.78, 5) is 10.7. The van der Waals surface area contributed by atoms with Crippen molar-refractivity contribution in [3.8, 4) is 0 Å². The first-order chi connectivity index (χ1) is 6.29. The first-order valence-corrected chi connectivity index (χ1v) is 4.81. The van der Waals surface area contributed by atoms with Crippen molar-refractivity contribution in [2.45, 2.75) is 25.9 Å². The third-order valence-corrected chi connectivity index (χ3v) is 2.51. The Balaban J connectivity index is 2.01. The van der Waals surface area contributed by atoms with Gasteiger partial charge in [0.2, 0.25) is 0 Å². The van der Waals surface area contributed by atoms with Gasteiger partial charge in [-0.05, 0) is 30.9 Å². The lowest BCUT2D eigenvalue weighted by atomic mass is 9.91. The zero-order valence-electron chi connectivity index (χ0n) is 7.77. The third kappa shape index (κ3) is 2.00. The van der Waals surface area contributed by atoms with Crippen LogP contribution in [0.4, 0.5) is 0 Å². The Hall–Kier alpha value is -1.05. The molecule has 2 rings (SSSR count). The molecular formula is C11H14O2. The van der Waals surface area contributed by atoms with Crippen molar-refractivity contribution in [3.63, 3.8) is 0 Å². The second-order valence-electron chi connectivity index (χ2n) is 3.82. The lowest BCUT2D eigenvalue weighted by molar-refractivity contribution is -0.110. The molecular weight excluding hydrogens is 164 g/mol. The Labute approximate surface area is 78.3 Å². The molecule has 0 aromatic carbocycles. The molecule has 0 N–H and O–H groups in total. The fraction of sp³-hybridized carbons (Fsp3) is 0.545. The molecule has 0 heterocycles. The molecule has 0 aliphatic heterocycles. The Morgan fingerprint density at radius 3 is 2.92 bits per heavy atom. The van der Waals surface area contributed by atoms with E-state index in [1.54, 1.807) is 0 Å². The van der Waals surface area contributed by atoms with Crippen LogP contribution in [0.1, 0.15) is 19.8 Å². The van der Waals surface area contributed by atoms with E-state index in [1.165, 1.54) is 0 Å². The van der Waals surface area contributed by atoms with Gasteiger partial charge in [-0.2, -0.15) is 0 Å². The van der Waals surface area contributed by atoms with Crippen molar-refractivity contribution in [2.24, 2.45) is 11.8 Å². The highest BCUT2D eigenvalue weighted by molar-refractivity contribution is 5.59. The maximum absolute atomic E-state index is 10.7. The van der Waals surface area contributed by atoms with E-state index in [0.717, 1.165) is 24.9 Å². The smallest absolute Gasteiger partial charge is 0.127 e. The summed E-state index contributed by atoms with van der Waals surface area (Å²) in [6.07, 6.45) is 9.66. The molecule has 0 spiro atoms. The first-order valence-electron chi connectivity index (χ1n) is 4.81. The Morgan fingerprint density at radius 2 is 2.31 bits per heavy atom. The average Bonchev–Trinajstić information content (AvgIpc) is 2.92. The molecule has 2 aliphatic carbocycles. The van der Waals surface area contributed by atoms with E-state index in [9.17, 15) is 4.79 Å². The van der Waals surface area contributed by atoms with Gasteiger partial charge >= 0.3 is 0 Å². The van der Waals surface area contributed by atoms with Crippen LogP contribution in [-0.4, -0.2) is 12.4 Å². The van der Waals surface area contributed by atoms with Crippen LogP contribution in [0.2, 0.25) is 0 Å². The second-order valence-corrected chi connectivity index (χ2v) is 3.82. The Kier molecular flexibility index (Phi) is 2.21. The van der Waals surface area contributed by atoms with Gasteiger partial charge in [0.15, 0.2) is 0 Å². The number of carbonyl (C=O) groups excluding carboxylic acids is 1. The SMILES string of the molecule is CC1C=CC(OC2CC2)=CC1C=O. The Morgan fingerprint density at radius 1 is 1.54 bits per heavy atom. The number of hydrogen-bond acceptors (Lipinski definition) is 2. The van der Waals surface area contributed by atoms with Crippen LogP contribution >= 0.6 is 0 Å². The highest BCUT2D eigenvalue weighted by Crippen LogP contribution is 2.29. The van der Waals surface area contributed by atoms with E-state index in [2.05, 4.69) is 0 Å². The highest BCUT2D eigenvalue weighted by Gasteiger charge is 2.25. The van der Waals surface area contributed by atoms with Crippen molar-refractivity contribution in [1.29, 1.82) is 0 Å². The molecule has 0 saturated heterocycles. The van der Waals surface area contributed by atoms with Crippen LogP contribution in [0, 0.1) is 11.8 Å². The van der Waals surface area contributed by atoms with Crippen molar-refractivity contribution < 1.29 is 9.53 Å². The quantitative estimate of drug-likeness (QED) is 0.618. The lowest BCUT2D eigenvalue weighted by Gasteiger charge is -2.18. The molecule has 1 saturated carbocycles. The average molecular weight is 178 g/mol. The van der Waals surface area contributed by atoms with Gasteiger partial charge in [-0.25, -0.2) is 0 Å². The van der Waals surface area contributed by atoms with Crippen LogP contribution < -0.4 is 0 Å². The van der Waals surface area contributed by atoms with Crippen molar-refractivity contribution >= 4 is 6.29 Å². The van der Waals surface area contributed by atoms with E-state index in [1.807, 2.05) is 25.2 Å². The maximum Gasteiger partial charge on any atom is 0.127 e. The van der Waals surface area contributed by atoms with Gasteiger partial charge in [0.25, 0.3) is 0 Å². The van der Waals surface area contributed by atoms with E-state index < -0.39 is 0 Å². The second kappa shape index (κ2) is 3.36. The fourth-order valence-corrected chi connectivity index (χ4v) is 1.39. The van der Waals surface area contributed by atoms with Crippen molar-refractivity contribution in [1.82, 2.24) is 0 Å². The molecule has 0 aromatic rings. The summed E-state index contributed by atoms with van der Waals surface area (Å²) in [7, 11) is 0. The molecule has 0 aromatic heterocycles. The molecule has 0 radical (unpaired) electrons. The number of rotatable bonds is 3. The maximum atomic E-state index is 10.7. The molecule has 1 fully saturated rings. The van der Waals surface area contributed by atoms with Gasteiger partial charge in [0.1, 0.15) is 12.0 Å². The first kappa shape index (κ1) is 8.54. The molecule has 2 atom stereocenters. The fourth-order valence-electron chi connectivity index (χ4n) is 1.39. The monoisotopic (exact) mass is 178 g/mol. The summed E-state index contributed by atoms with van der Waals surface area (Å²) in [6.45, 7) is 2.04. The molecule has 2 unspecified atom stereocenters. The van der Waals surface area contributed by atoms with Gasteiger partial charge in [-0.1, -0.05) is 13.0 Å². The predicted octanol–water partition coefficient (Wildman–Crippen LogP) is 2.07. The highest BCUT2D eigenvalue weighted by atomic mass is 16.5. The van der Waals surface area contributed by atoms with Crippen molar-refractivity contribution in [2.75, 3.05) is 0 Å². The molecule has 2 heteroatoms. The molecule has 2 nitrogen and oxygen atoms in total. The largest absolute Gasteiger partial charge is 0.491 e. The van der Waals surface area contributed by atoms with Gasteiger partial charge in [0, 0.05) is 5.92 Å². The van der Waals surface area contributed by atoms with E-state index >= 15 is 0 Å². The molecule has 70 valence electrons. The minimum atomic E-state index is -0.00116. The Bertz CT molecular complexity index is 261. The van der Waals surface area contributed by atoms with Crippen LogP contribution in [-0.2, 0) is 9.53 Å². The predicted molar refractivity (Wildman–Crippen MR) is 50.0 cm³/mol. The molecule has 13 heavy (non-hydrogen) atoms. The van der Waals surface area contributed by atoms with E-state index in [-0.39, 0.29) is 5.92 Å². The molecule has 2 aliphatic rings.